The van der Waals surface area contributed by atoms with Crippen LogP contribution in [0.2, 0.25) is 0 Å². The number of fused-ring (bicyclic) bond motifs is 1. The Balaban J connectivity index is 1.60. The molecule has 1 aliphatic rings. The highest BCUT2D eigenvalue weighted by Gasteiger charge is 2.28. The molecule has 2 heterocycles. The molecular formula is C23H24N4O3. The number of aromatic nitrogens is 1. The molecule has 1 saturated heterocycles. The molecule has 0 spiro atoms. The topological polar surface area (TPSA) is 79.6 Å². The second-order valence-corrected chi connectivity index (χ2v) is 7.45. The minimum absolute atomic E-state index is 0.00279. The molecule has 0 saturated carbocycles. The van der Waals surface area contributed by atoms with Crippen molar-refractivity contribution in [3.8, 4) is 0 Å². The summed E-state index contributed by atoms with van der Waals surface area (Å²) in [5.74, 6) is 0.00279. The first-order valence-electron chi connectivity index (χ1n) is 10.2. The predicted octanol–water partition coefficient (Wildman–Crippen LogP) is 3.98. The summed E-state index contributed by atoms with van der Waals surface area (Å²) in [6.07, 6.45) is 0.766. The van der Waals surface area contributed by atoms with Crippen molar-refractivity contribution in [2.75, 3.05) is 31.1 Å². The van der Waals surface area contributed by atoms with Crippen LogP contribution in [0.25, 0.3) is 10.9 Å². The molecule has 0 aliphatic carbocycles. The standard InChI is InChI=1S/C23H24N4O3/c1-3-18-16(2)22(17-8-4-5-9-19(17)24-18)23(28)26-14-12-25(13-15-26)20-10-6-7-11-21(20)27(29)30/h4-11H,3,12-15H2,1-2H3. The lowest BCUT2D eigenvalue weighted by Crippen LogP contribution is -2.49. The maximum atomic E-state index is 13.5. The molecule has 0 atom stereocenters. The summed E-state index contributed by atoms with van der Waals surface area (Å²) in [6.45, 7) is 6.16. The van der Waals surface area contributed by atoms with Gasteiger partial charge in [-0.15, -0.1) is 0 Å². The number of nitro benzene ring substituents is 1. The third-order valence-electron chi connectivity index (χ3n) is 5.77. The molecule has 1 aromatic heterocycles. The van der Waals surface area contributed by atoms with E-state index in [1.165, 1.54) is 6.07 Å². The highest BCUT2D eigenvalue weighted by atomic mass is 16.6. The van der Waals surface area contributed by atoms with Crippen LogP contribution in [-0.4, -0.2) is 46.9 Å². The Kier molecular flexibility index (Phi) is 5.35. The van der Waals surface area contributed by atoms with Crippen LogP contribution in [0.4, 0.5) is 11.4 Å². The highest BCUT2D eigenvalue weighted by molar-refractivity contribution is 6.07. The second kappa shape index (κ2) is 8.10. The fourth-order valence-corrected chi connectivity index (χ4v) is 4.17. The summed E-state index contributed by atoms with van der Waals surface area (Å²) in [5.41, 5.74) is 4.13. The summed E-state index contributed by atoms with van der Waals surface area (Å²) >= 11 is 0. The van der Waals surface area contributed by atoms with Crippen LogP contribution in [0, 0.1) is 17.0 Å². The number of amides is 1. The fraction of sp³-hybridized carbons (Fsp3) is 0.304. The molecule has 2 aromatic carbocycles. The lowest BCUT2D eigenvalue weighted by atomic mass is 9.99. The van der Waals surface area contributed by atoms with Crippen molar-refractivity contribution in [3.63, 3.8) is 0 Å². The van der Waals surface area contributed by atoms with Gasteiger partial charge in [0.25, 0.3) is 11.6 Å². The molecule has 3 aromatic rings. The third-order valence-corrected chi connectivity index (χ3v) is 5.77. The van der Waals surface area contributed by atoms with Gasteiger partial charge in [-0.05, 0) is 31.0 Å². The lowest BCUT2D eigenvalue weighted by molar-refractivity contribution is -0.384. The first-order valence-corrected chi connectivity index (χ1v) is 10.2. The summed E-state index contributed by atoms with van der Waals surface area (Å²) in [4.78, 5) is 33.0. The van der Waals surface area contributed by atoms with Gasteiger partial charge in [-0.3, -0.25) is 19.9 Å². The van der Waals surface area contributed by atoms with Gasteiger partial charge in [-0.2, -0.15) is 0 Å². The average molecular weight is 404 g/mol. The second-order valence-electron chi connectivity index (χ2n) is 7.45. The van der Waals surface area contributed by atoms with E-state index in [9.17, 15) is 14.9 Å². The third kappa shape index (κ3) is 3.47. The van der Waals surface area contributed by atoms with Crippen molar-refractivity contribution in [1.82, 2.24) is 9.88 Å². The molecule has 0 radical (unpaired) electrons. The zero-order valence-electron chi connectivity index (χ0n) is 17.2. The van der Waals surface area contributed by atoms with Crippen LogP contribution in [0.3, 0.4) is 0 Å². The van der Waals surface area contributed by atoms with E-state index < -0.39 is 0 Å². The first kappa shape index (κ1) is 19.8. The number of rotatable bonds is 4. The molecule has 1 aliphatic heterocycles. The van der Waals surface area contributed by atoms with E-state index >= 15 is 0 Å². The molecule has 1 fully saturated rings. The van der Waals surface area contributed by atoms with Gasteiger partial charge in [0.1, 0.15) is 5.69 Å². The Bertz CT molecular complexity index is 1120. The molecule has 0 unspecified atom stereocenters. The highest BCUT2D eigenvalue weighted by Crippen LogP contribution is 2.29. The fourth-order valence-electron chi connectivity index (χ4n) is 4.17. The quantitative estimate of drug-likeness (QED) is 0.485. The monoisotopic (exact) mass is 404 g/mol. The minimum atomic E-state index is -0.356. The summed E-state index contributed by atoms with van der Waals surface area (Å²) in [5, 5.41) is 12.2. The van der Waals surface area contributed by atoms with Gasteiger partial charge < -0.3 is 9.80 Å². The number of pyridine rings is 1. The van der Waals surface area contributed by atoms with Gasteiger partial charge >= 0.3 is 0 Å². The van der Waals surface area contributed by atoms with Crippen molar-refractivity contribution in [1.29, 1.82) is 0 Å². The molecule has 7 nitrogen and oxygen atoms in total. The zero-order chi connectivity index (χ0) is 21.3. The Hall–Kier alpha value is -3.48. The summed E-state index contributed by atoms with van der Waals surface area (Å²) < 4.78 is 0. The number of benzene rings is 2. The van der Waals surface area contributed by atoms with Gasteiger partial charge in [0.05, 0.1) is 16.0 Å². The number of nitro groups is 1. The number of aryl methyl sites for hydroxylation is 1. The normalized spacial score (nSPS) is 14.2. The van der Waals surface area contributed by atoms with Gasteiger partial charge in [0.15, 0.2) is 0 Å². The molecule has 154 valence electrons. The van der Waals surface area contributed by atoms with Gasteiger partial charge in [-0.1, -0.05) is 37.3 Å². The molecule has 0 bridgehead atoms. The number of hydrogen-bond acceptors (Lipinski definition) is 5. The van der Waals surface area contributed by atoms with E-state index in [1.807, 2.05) is 47.9 Å². The maximum Gasteiger partial charge on any atom is 0.292 e. The smallest absolute Gasteiger partial charge is 0.292 e. The van der Waals surface area contributed by atoms with Crippen LogP contribution in [0.15, 0.2) is 48.5 Å². The first-order chi connectivity index (χ1) is 14.5. The van der Waals surface area contributed by atoms with Crippen molar-refractivity contribution in [2.24, 2.45) is 0 Å². The molecule has 1 amide bonds. The van der Waals surface area contributed by atoms with Crippen molar-refractivity contribution < 1.29 is 9.72 Å². The van der Waals surface area contributed by atoms with E-state index in [2.05, 4.69) is 0 Å². The molecule has 0 N–H and O–H groups in total. The average Bonchev–Trinajstić information content (AvgIpc) is 2.78. The summed E-state index contributed by atoms with van der Waals surface area (Å²) in [6, 6.07) is 14.5. The summed E-state index contributed by atoms with van der Waals surface area (Å²) in [7, 11) is 0. The molecule has 7 heteroatoms. The number of para-hydroxylation sites is 3. The van der Waals surface area contributed by atoms with Gasteiger partial charge in [-0.25, -0.2) is 0 Å². The van der Waals surface area contributed by atoms with E-state index in [0.29, 0.717) is 31.9 Å². The number of carbonyl (C=O) groups excluding carboxylic acids is 1. The van der Waals surface area contributed by atoms with Gasteiger partial charge in [0.2, 0.25) is 0 Å². The van der Waals surface area contributed by atoms with Gasteiger partial charge in [0, 0.05) is 43.3 Å². The maximum absolute atomic E-state index is 13.5. The van der Waals surface area contributed by atoms with E-state index in [0.717, 1.165) is 34.1 Å². The lowest BCUT2D eigenvalue weighted by Gasteiger charge is -2.36. The van der Waals surface area contributed by atoms with Crippen molar-refractivity contribution in [2.45, 2.75) is 20.3 Å². The molecule has 4 rings (SSSR count). The van der Waals surface area contributed by atoms with Crippen LogP contribution in [0.1, 0.15) is 28.5 Å². The predicted molar refractivity (Wildman–Crippen MR) is 117 cm³/mol. The number of anilines is 1. The van der Waals surface area contributed by atoms with Crippen molar-refractivity contribution in [3.05, 3.63) is 75.5 Å². The molecular weight excluding hydrogens is 380 g/mol. The SMILES string of the molecule is CCc1nc2ccccc2c(C(=O)N2CCN(c3ccccc3[N+](=O)[O-])CC2)c1C. The largest absolute Gasteiger partial charge is 0.362 e. The Morgan fingerprint density at radius 1 is 1.07 bits per heavy atom. The van der Waals surface area contributed by atoms with E-state index in [-0.39, 0.29) is 16.5 Å². The number of piperazine rings is 1. The Morgan fingerprint density at radius 3 is 2.43 bits per heavy atom. The zero-order valence-corrected chi connectivity index (χ0v) is 17.2. The Labute approximate surface area is 175 Å². The molecule has 30 heavy (non-hydrogen) atoms. The number of nitrogens with zero attached hydrogens (tertiary/aromatic N) is 4. The van der Waals surface area contributed by atoms with Crippen molar-refractivity contribution >= 4 is 28.2 Å². The Morgan fingerprint density at radius 2 is 1.73 bits per heavy atom. The van der Waals surface area contributed by atoms with E-state index in [1.54, 1.807) is 18.2 Å². The van der Waals surface area contributed by atoms with Crippen LogP contribution in [-0.2, 0) is 6.42 Å². The van der Waals surface area contributed by atoms with E-state index in [4.69, 9.17) is 4.98 Å². The van der Waals surface area contributed by atoms with Crippen LogP contribution < -0.4 is 4.90 Å². The van der Waals surface area contributed by atoms with Crippen LogP contribution in [0.5, 0.6) is 0 Å². The number of hydrogen-bond donors (Lipinski definition) is 0. The minimum Gasteiger partial charge on any atom is -0.362 e. The number of carbonyl (C=O) groups is 1. The van der Waals surface area contributed by atoms with Crippen LogP contribution >= 0.6 is 0 Å².